The highest BCUT2D eigenvalue weighted by Crippen LogP contribution is 2.39. The Hall–Kier alpha value is -2.08. The van der Waals surface area contributed by atoms with Crippen LogP contribution in [-0.4, -0.2) is 41.0 Å². The van der Waals surface area contributed by atoms with Crippen LogP contribution in [0.25, 0.3) is 0 Å². The van der Waals surface area contributed by atoms with Gasteiger partial charge in [0, 0.05) is 12.5 Å². The summed E-state index contributed by atoms with van der Waals surface area (Å²) in [4.78, 5) is 26.5. The van der Waals surface area contributed by atoms with E-state index in [4.69, 9.17) is 9.15 Å². The number of Topliss-reactive ketones (excluding diaryl/α,β-unsaturated/α-hetero) is 1. The molecule has 1 aromatic rings. The van der Waals surface area contributed by atoms with Crippen LogP contribution in [0.1, 0.15) is 45.3 Å². The number of furan rings is 1. The molecule has 2 rings (SSSR count). The fourth-order valence-electron chi connectivity index (χ4n) is 2.73. The average Bonchev–Trinajstić information content (AvgIpc) is 3.02. The lowest BCUT2D eigenvalue weighted by Gasteiger charge is -2.25. The van der Waals surface area contributed by atoms with E-state index >= 15 is 0 Å². The van der Waals surface area contributed by atoms with E-state index in [9.17, 15) is 14.7 Å². The second kappa shape index (κ2) is 7.21. The zero-order chi connectivity index (χ0) is 18.0. The molecule has 0 saturated heterocycles. The largest absolute Gasteiger partial charge is 0.503 e. The predicted molar refractivity (Wildman–Crippen MR) is 88.5 cm³/mol. The molecule has 0 aromatic carbocycles. The van der Waals surface area contributed by atoms with Crippen molar-refractivity contribution in [3.05, 3.63) is 35.0 Å². The highest BCUT2D eigenvalue weighted by molar-refractivity contribution is 6.09. The molecule has 132 valence electrons. The maximum atomic E-state index is 12.5. The molecule has 1 amide bonds. The van der Waals surface area contributed by atoms with Crippen LogP contribution >= 0.6 is 0 Å². The molecule has 1 aliphatic rings. The van der Waals surface area contributed by atoms with Gasteiger partial charge < -0.3 is 19.2 Å². The van der Waals surface area contributed by atoms with Crippen molar-refractivity contribution in [2.45, 2.75) is 46.8 Å². The standard InChI is InChI=1S/C18H25NO5/c1-10(2)16(20)14-15(13-7-6-12(5)24-13)19(18(22)17(14)21)8-9-23-11(3)4/h6-7,10-11,15,21H,8-9H2,1-5H3. The summed E-state index contributed by atoms with van der Waals surface area (Å²) in [5, 5.41) is 10.3. The average molecular weight is 335 g/mol. The van der Waals surface area contributed by atoms with Crippen molar-refractivity contribution in [2.75, 3.05) is 13.2 Å². The summed E-state index contributed by atoms with van der Waals surface area (Å²) < 4.78 is 11.2. The normalized spacial score (nSPS) is 18.4. The van der Waals surface area contributed by atoms with Crippen molar-refractivity contribution < 1.29 is 23.8 Å². The highest BCUT2D eigenvalue weighted by atomic mass is 16.5. The molecule has 0 aliphatic carbocycles. The minimum atomic E-state index is -0.711. The number of carbonyl (C=O) groups excluding carboxylic acids is 2. The van der Waals surface area contributed by atoms with Crippen LogP contribution in [0.15, 0.2) is 27.9 Å². The minimum Gasteiger partial charge on any atom is -0.503 e. The van der Waals surface area contributed by atoms with Crippen LogP contribution in [0.4, 0.5) is 0 Å². The lowest BCUT2D eigenvalue weighted by molar-refractivity contribution is -0.130. The zero-order valence-corrected chi connectivity index (χ0v) is 14.8. The molecular formula is C18H25NO5. The number of hydrogen-bond acceptors (Lipinski definition) is 5. The smallest absolute Gasteiger partial charge is 0.290 e. The number of rotatable bonds is 7. The summed E-state index contributed by atoms with van der Waals surface area (Å²) in [6.45, 7) is 9.66. The van der Waals surface area contributed by atoms with E-state index in [1.807, 2.05) is 13.8 Å². The molecule has 1 aliphatic heterocycles. The molecule has 24 heavy (non-hydrogen) atoms. The fraction of sp³-hybridized carbons (Fsp3) is 0.556. The quantitative estimate of drug-likeness (QED) is 0.828. The van der Waals surface area contributed by atoms with Gasteiger partial charge in [-0.15, -0.1) is 0 Å². The van der Waals surface area contributed by atoms with E-state index in [0.717, 1.165) is 0 Å². The Morgan fingerprint density at radius 2 is 2.00 bits per heavy atom. The van der Waals surface area contributed by atoms with Crippen molar-refractivity contribution in [3.8, 4) is 0 Å². The van der Waals surface area contributed by atoms with Crippen LogP contribution in [-0.2, 0) is 14.3 Å². The van der Waals surface area contributed by atoms with Crippen molar-refractivity contribution >= 4 is 11.7 Å². The molecule has 0 fully saturated rings. The maximum Gasteiger partial charge on any atom is 0.290 e. The monoisotopic (exact) mass is 335 g/mol. The van der Waals surface area contributed by atoms with E-state index in [1.165, 1.54) is 4.90 Å². The lowest BCUT2D eigenvalue weighted by atomic mass is 9.94. The molecular weight excluding hydrogens is 310 g/mol. The topological polar surface area (TPSA) is 80.0 Å². The van der Waals surface area contributed by atoms with Gasteiger partial charge >= 0.3 is 0 Å². The van der Waals surface area contributed by atoms with Gasteiger partial charge in [-0.2, -0.15) is 0 Å². The number of aliphatic hydroxyl groups is 1. The summed E-state index contributed by atoms with van der Waals surface area (Å²) in [5.41, 5.74) is 0.105. The number of ketones is 1. The van der Waals surface area contributed by atoms with Gasteiger partial charge in [-0.1, -0.05) is 13.8 Å². The number of hydrogen-bond donors (Lipinski definition) is 1. The third-order valence-electron chi connectivity index (χ3n) is 3.91. The Labute approximate surface area is 142 Å². The third-order valence-corrected chi connectivity index (χ3v) is 3.91. The molecule has 0 saturated carbocycles. The number of ether oxygens (including phenoxy) is 1. The molecule has 6 heteroatoms. The second-order valence-electron chi connectivity index (χ2n) is 6.55. The summed E-state index contributed by atoms with van der Waals surface area (Å²) in [7, 11) is 0. The molecule has 1 atom stereocenters. The van der Waals surface area contributed by atoms with Crippen molar-refractivity contribution in [2.24, 2.45) is 5.92 Å². The van der Waals surface area contributed by atoms with Gasteiger partial charge in [0.25, 0.3) is 5.91 Å². The Balaban J connectivity index is 2.37. The molecule has 0 spiro atoms. The van der Waals surface area contributed by atoms with E-state index < -0.39 is 17.7 Å². The van der Waals surface area contributed by atoms with Crippen molar-refractivity contribution in [1.29, 1.82) is 0 Å². The second-order valence-corrected chi connectivity index (χ2v) is 6.55. The molecule has 6 nitrogen and oxygen atoms in total. The fourth-order valence-corrected chi connectivity index (χ4v) is 2.73. The van der Waals surface area contributed by atoms with Gasteiger partial charge in [0.1, 0.15) is 17.6 Å². The van der Waals surface area contributed by atoms with E-state index in [0.29, 0.717) is 18.1 Å². The first-order chi connectivity index (χ1) is 11.2. The van der Waals surface area contributed by atoms with E-state index in [1.54, 1.807) is 32.9 Å². The van der Waals surface area contributed by atoms with Gasteiger partial charge in [0.15, 0.2) is 11.5 Å². The summed E-state index contributed by atoms with van der Waals surface area (Å²) in [6.07, 6.45) is 0.0327. The van der Waals surface area contributed by atoms with Crippen LogP contribution in [0.2, 0.25) is 0 Å². The number of aryl methyl sites for hydroxylation is 1. The zero-order valence-electron chi connectivity index (χ0n) is 14.8. The summed E-state index contributed by atoms with van der Waals surface area (Å²) in [5.74, 6) is -0.493. The first-order valence-electron chi connectivity index (χ1n) is 8.20. The van der Waals surface area contributed by atoms with Crippen LogP contribution in [0.3, 0.4) is 0 Å². The predicted octanol–water partition coefficient (Wildman–Crippen LogP) is 2.93. The maximum absolute atomic E-state index is 12.5. The van der Waals surface area contributed by atoms with Crippen molar-refractivity contribution in [1.82, 2.24) is 4.90 Å². The first-order valence-corrected chi connectivity index (χ1v) is 8.20. The molecule has 1 unspecified atom stereocenters. The van der Waals surface area contributed by atoms with Gasteiger partial charge in [0.05, 0.1) is 18.3 Å². The van der Waals surface area contributed by atoms with Gasteiger partial charge in [-0.3, -0.25) is 9.59 Å². The summed E-state index contributed by atoms with van der Waals surface area (Å²) >= 11 is 0. The SMILES string of the molecule is Cc1ccc(C2C(C(=O)C(C)C)=C(O)C(=O)N2CCOC(C)C)o1. The number of amides is 1. The highest BCUT2D eigenvalue weighted by Gasteiger charge is 2.45. The van der Waals surface area contributed by atoms with E-state index in [2.05, 4.69) is 0 Å². The molecule has 1 N–H and O–H groups in total. The van der Waals surface area contributed by atoms with Gasteiger partial charge in [-0.05, 0) is 32.9 Å². The molecule has 2 heterocycles. The minimum absolute atomic E-state index is 0.0327. The summed E-state index contributed by atoms with van der Waals surface area (Å²) in [6, 6.07) is 2.79. The first kappa shape index (κ1) is 18.3. The van der Waals surface area contributed by atoms with E-state index in [-0.39, 0.29) is 29.9 Å². The Morgan fingerprint density at radius 1 is 1.33 bits per heavy atom. The van der Waals surface area contributed by atoms with Crippen LogP contribution in [0.5, 0.6) is 0 Å². The molecule has 1 aromatic heterocycles. The lowest BCUT2D eigenvalue weighted by Crippen LogP contribution is -2.34. The Kier molecular flexibility index (Phi) is 5.49. The molecule has 0 radical (unpaired) electrons. The van der Waals surface area contributed by atoms with Crippen molar-refractivity contribution in [3.63, 3.8) is 0 Å². The molecule has 0 bridgehead atoms. The Bertz CT molecular complexity index is 656. The number of aliphatic hydroxyl groups excluding tert-OH is 1. The number of nitrogens with zero attached hydrogens (tertiary/aromatic N) is 1. The van der Waals surface area contributed by atoms with Crippen LogP contribution in [0, 0.1) is 12.8 Å². The van der Waals surface area contributed by atoms with Gasteiger partial charge in [0.2, 0.25) is 0 Å². The third kappa shape index (κ3) is 3.53. The number of carbonyl (C=O) groups is 2. The van der Waals surface area contributed by atoms with Crippen LogP contribution < -0.4 is 0 Å². The van der Waals surface area contributed by atoms with Gasteiger partial charge in [-0.25, -0.2) is 0 Å². The Morgan fingerprint density at radius 3 is 2.50 bits per heavy atom.